The summed E-state index contributed by atoms with van der Waals surface area (Å²) in [7, 11) is 1.96. The van der Waals surface area contributed by atoms with Crippen molar-refractivity contribution >= 4 is 11.6 Å². The average Bonchev–Trinajstić information content (AvgIpc) is 2.74. The van der Waals surface area contributed by atoms with E-state index >= 15 is 0 Å². The molecule has 0 aromatic heterocycles. The van der Waals surface area contributed by atoms with Crippen molar-refractivity contribution in [3.8, 4) is 5.75 Å². The van der Waals surface area contributed by atoms with E-state index in [9.17, 15) is 9.90 Å². The molecule has 2 aliphatic rings. The Morgan fingerprint density at radius 1 is 1.07 bits per heavy atom. The monoisotopic (exact) mass is 379 g/mol. The van der Waals surface area contributed by atoms with E-state index in [1.165, 1.54) is 11.1 Å². The van der Waals surface area contributed by atoms with Gasteiger partial charge in [0.1, 0.15) is 5.75 Å². The molecule has 1 amide bonds. The van der Waals surface area contributed by atoms with Crippen LogP contribution in [0.5, 0.6) is 5.75 Å². The molecule has 0 radical (unpaired) electrons. The summed E-state index contributed by atoms with van der Waals surface area (Å²) >= 11 is 0. The standard InChI is InChI=1S/C23H29N3O2/c1-24(22-8-4-6-18-5-2-3-7-21(18)22)23(28)17-25-13-15-26(16-14-25)19-9-11-20(27)12-10-19/h2-3,5,7,9-12,22,27H,4,6,8,13-17H2,1H3/t22-/m0/s1. The number of hydrogen-bond donors (Lipinski definition) is 1. The Bertz CT molecular complexity index is 813. The minimum Gasteiger partial charge on any atom is -0.508 e. The summed E-state index contributed by atoms with van der Waals surface area (Å²) in [6, 6.07) is 16.1. The third-order valence-corrected chi connectivity index (χ3v) is 6.14. The second-order valence-electron chi connectivity index (χ2n) is 7.89. The predicted octanol–water partition coefficient (Wildman–Crippen LogP) is 3.05. The second kappa shape index (κ2) is 8.23. The molecule has 4 rings (SSSR count). The lowest BCUT2D eigenvalue weighted by atomic mass is 9.87. The molecule has 1 heterocycles. The summed E-state index contributed by atoms with van der Waals surface area (Å²) < 4.78 is 0. The number of piperazine rings is 1. The van der Waals surface area contributed by atoms with Gasteiger partial charge >= 0.3 is 0 Å². The van der Waals surface area contributed by atoms with Gasteiger partial charge in [-0.1, -0.05) is 24.3 Å². The molecular formula is C23H29N3O2. The molecule has 5 nitrogen and oxygen atoms in total. The molecule has 1 atom stereocenters. The zero-order valence-electron chi connectivity index (χ0n) is 16.6. The van der Waals surface area contributed by atoms with Crippen LogP contribution in [0.15, 0.2) is 48.5 Å². The summed E-state index contributed by atoms with van der Waals surface area (Å²) in [6.07, 6.45) is 3.31. The number of nitrogens with zero attached hydrogens (tertiary/aromatic N) is 3. The van der Waals surface area contributed by atoms with E-state index in [0.29, 0.717) is 12.3 Å². The Morgan fingerprint density at radius 2 is 1.79 bits per heavy atom. The lowest BCUT2D eigenvalue weighted by Gasteiger charge is -2.38. The Hall–Kier alpha value is -2.53. The fourth-order valence-electron chi connectivity index (χ4n) is 4.43. The maximum Gasteiger partial charge on any atom is 0.237 e. The van der Waals surface area contributed by atoms with Gasteiger partial charge in [-0.05, 0) is 54.7 Å². The molecule has 0 spiro atoms. The van der Waals surface area contributed by atoms with E-state index in [-0.39, 0.29) is 11.9 Å². The van der Waals surface area contributed by atoms with Gasteiger partial charge in [0, 0.05) is 38.9 Å². The molecule has 28 heavy (non-hydrogen) atoms. The van der Waals surface area contributed by atoms with Gasteiger partial charge in [0.15, 0.2) is 0 Å². The summed E-state index contributed by atoms with van der Waals surface area (Å²) in [6.45, 7) is 4.03. The van der Waals surface area contributed by atoms with Crippen LogP contribution >= 0.6 is 0 Å². The first-order valence-electron chi connectivity index (χ1n) is 10.2. The summed E-state index contributed by atoms with van der Waals surface area (Å²) in [4.78, 5) is 19.5. The SMILES string of the molecule is CN(C(=O)CN1CCN(c2ccc(O)cc2)CC1)[C@H]1CCCc2ccccc21. The average molecular weight is 380 g/mol. The highest BCUT2D eigenvalue weighted by Gasteiger charge is 2.28. The second-order valence-corrected chi connectivity index (χ2v) is 7.89. The molecule has 1 aliphatic carbocycles. The van der Waals surface area contributed by atoms with Gasteiger partial charge in [0.2, 0.25) is 5.91 Å². The Kier molecular flexibility index (Phi) is 5.53. The molecule has 2 aromatic rings. The maximum atomic E-state index is 13.0. The molecule has 1 N–H and O–H groups in total. The molecule has 1 fully saturated rings. The van der Waals surface area contributed by atoms with E-state index in [1.54, 1.807) is 12.1 Å². The van der Waals surface area contributed by atoms with Crippen LogP contribution < -0.4 is 4.90 Å². The van der Waals surface area contributed by atoms with Crippen LogP contribution in [0.1, 0.15) is 30.0 Å². The van der Waals surface area contributed by atoms with Crippen molar-refractivity contribution in [1.82, 2.24) is 9.80 Å². The molecule has 2 aromatic carbocycles. The highest BCUT2D eigenvalue weighted by molar-refractivity contribution is 5.78. The van der Waals surface area contributed by atoms with Gasteiger partial charge in [-0.3, -0.25) is 9.69 Å². The van der Waals surface area contributed by atoms with E-state index in [0.717, 1.165) is 51.1 Å². The number of phenolic OH excluding ortho intramolecular Hbond substituents is 1. The van der Waals surface area contributed by atoms with Gasteiger partial charge in [-0.25, -0.2) is 0 Å². The number of rotatable bonds is 4. The Labute approximate surface area is 167 Å². The van der Waals surface area contributed by atoms with Crippen LogP contribution in [0.2, 0.25) is 0 Å². The highest BCUT2D eigenvalue weighted by Crippen LogP contribution is 2.33. The zero-order chi connectivity index (χ0) is 19.5. The first-order valence-corrected chi connectivity index (χ1v) is 10.2. The van der Waals surface area contributed by atoms with Crippen molar-refractivity contribution in [2.75, 3.05) is 44.7 Å². The smallest absolute Gasteiger partial charge is 0.237 e. The topological polar surface area (TPSA) is 47.0 Å². The molecule has 5 heteroatoms. The third-order valence-electron chi connectivity index (χ3n) is 6.14. The number of carbonyl (C=O) groups excluding carboxylic acids is 1. The van der Waals surface area contributed by atoms with Crippen molar-refractivity contribution in [2.45, 2.75) is 25.3 Å². The van der Waals surface area contributed by atoms with Crippen LogP contribution in [0, 0.1) is 0 Å². The van der Waals surface area contributed by atoms with Crippen LogP contribution in [0.25, 0.3) is 0 Å². The number of carbonyl (C=O) groups is 1. The fraction of sp³-hybridized carbons (Fsp3) is 0.435. The highest BCUT2D eigenvalue weighted by atomic mass is 16.3. The third kappa shape index (κ3) is 3.99. The fourth-order valence-corrected chi connectivity index (χ4v) is 4.43. The number of hydrogen-bond acceptors (Lipinski definition) is 4. The molecule has 0 bridgehead atoms. The largest absolute Gasteiger partial charge is 0.508 e. The normalized spacial score (nSPS) is 19.9. The van der Waals surface area contributed by atoms with Gasteiger partial charge in [-0.15, -0.1) is 0 Å². The van der Waals surface area contributed by atoms with Crippen molar-refractivity contribution in [2.24, 2.45) is 0 Å². The Balaban J connectivity index is 1.33. The number of aromatic hydroxyl groups is 1. The van der Waals surface area contributed by atoms with Gasteiger partial charge in [-0.2, -0.15) is 0 Å². The first-order chi connectivity index (χ1) is 13.6. The number of benzene rings is 2. The van der Waals surface area contributed by atoms with Crippen LogP contribution in [-0.2, 0) is 11.2 Å². The van der Waals surface area contributed by atoms with E-state index in [2.05, 4.69) is 34.1 Å². The zero-order valence-corrected chi connectivity index (χ0v) is 16.6. The van der Waals surface area contributed by atoms with Crippen molar-refractivity contribution in [3.63, 3.8) is 0 Å². The summed E-state index contributed by atoms with van der Waals surface area (Å²) in [5.74, 6) is 0.500. The summed E-state index contributed by atoms with van der Waals surface area (Å²) in [5.41, 5.74) is 3.84. The number of likely N-dealkylation sites (N-methyl/N-ethyl adjacent to an activating group) is 1. The molecule has 0 unspecified atom stereocenters. The first kappa shape index (κ1) is 18.8. The maximum absolute atomic E-state index is 13.0. The van der Waals surface area contributed by atoms with Crippen LogP contribution in [-0.4, -0.2) is 60.6 Å². The van der Waals surface area contributed by atoms with Crippen LogP contribution in [0.3, 0.4) is 0 Å². The van der Waals surface area contributed by atoms with Gasteiger partial charge < -0.3 is 14.9 Å². The molecule has 0 saturated carbocycles. The number of anilines is 1. The molecular weight excluding hydrogens is 350 g/mol. The van der Waals surface area contributed by atoms with Gasteiger partial charge in [0.25, 0.3) is 0 Å². The van der Waals surface area contributed by atoms with Crippen molar-refractivity contribution < 1.29 is 9.90 Å². The quantitative estimate of drug-likeness (QED) is 0.887. The summed E-state index contributed by atoms with van der Waals surface area (Å²) in [5, 5.41) is 9.45. The number of fused-ring (bicyclic) bond motifs is 1. The molecule has 1 saturated heterocycles. The Morgan fingerprint density at radius 3 is 2.54 bits per heavy atom. The molecule has 1 aliphatic heterocycles. The van der Waals surface area contributed by atoms with Crippen molar-refractivity contribution in [1.29, 1.82) is 0 Å². The van der Waals surface area contributed by atoms with Crippen LogP contribution in [0.4, 0.5) is 5.69 Å². The predicted molar refractivity (Wildman–Crippen MR) is 112 cm³/mol. The van der Waals surface area contributed by atoms with E-state index in [4.69, 9.17) is 0 Å². The lowest BCUT2D eigenvalue weighted by Crippen LogP contribution is -2.50. The number of amides is 1. The van der Waals surface area contributed by atoms with Crippen molar-refractivity contribution in [3.05, 3.63) is 59.7 Å². The molecule has 148 valence electrons. The van der Waals surface area contributed by atoms with Gasteiger partial charge in [0.05, 0.1) is 12.6 Å². The van der Waals surface area contributed by atoms with E-state index < -0.39 is 0 Å². The number of phenols is 1. The minimum absolute atomic E-state index is 0.204. The number of aryl methyl sites for hydroxylation is 1. The minimum atomic E-state index is 0.204. The van der Waals surface area contributed by atoms with E-state index in [1.807, 2.05) is 24.1 Å². The lowest BCUT2D eigenvalue weighted by molar-refractivity contribution is -0.133.